The molecule has 0 unspecified atom stereocenters. The van der Waals surface area contributed by atoms with Gasteiger partial charge in [0.15, 0.2) is 0 Å². The summed E-state index contributed by atoms with van der Waals surface area (Å²) in [5, 5.41) is 11.1. The molecule has 6 heteroatoms. The van der Waals surface area contributed by atoms with Gasteiger partial charge in [-0.3, -0.25) is 9.48 Å². The predicted molar refractivity (Wildman–Crippen MR) is 74.3 cm³/mol. The van der Waals surface area contributed by atoms with Crippen LogP contribution in [0.15, 0.2) is 10.6 Å². The first-order valence-electron chi connectivity index (χ1n) is 6.65. The van der Waals surface area contributed by atoms with E-state index < -0.39 is 0 Å². The van der Waals surface area contributed by atoms with E-state index in [4.69, 9.17) is 4.52 Å². The third-order valence-electron chi connectivity index (χ3n) is 3.39. The quantitative estimate of drug-likeness (QED) is 0.891. The van der Waals surface area contributed by atoms with Crippen LogP contribution in [-0.2, 0) is 24.7 Å². The predicted octanol–water partition coefficient (Wildman–Crippen LogP) is 1.23. The van der Waals surface area contributed by atoms with Crippen LogP contribution in [0.4, 0.5) is 0 Å². The number of hydrogen-bond donors (Lipinski definition) is 1. The van der Waals surface area contributed by atoms with E-state index in [0.29, 0.717) is 18.7 Å². The van der Waals surface area contributed by atoms with Gasteiger partial charge >= 0.3 is 0 Å². The summed E-state index contributed by atoms with van der Waals surface area (Å²) in [6, 6.07) is 2.03. The highest BCUT2D eigenvalue weighted by molar-refractivity contribution is 5.78. The van der Waals surface area contributed by atoms with E-state index in [9.17, 15) is 4.79 Å². The van der Waals surface area contributed by atoms with Gasteiger partial charge in [0.1, 0.15) is 5.76 Å². The molecule has 6 nitrogen and oxygen atoms in total. The number of carbonyl (C=O) groups excluding carboxylic acids is 1. The van der Waals surface area contributed by atoms with Crippen molar-refractivity contribution < 1.29 is 9.32 Å². The summed E-state index contributed by atoms with van der Waals surface area (Å²) in [6.45, 7) is 6.25. The Hall–Kier alpha value is -2.11. The number of nitrogens with one attached hydrogen (secondary N) is 1. The van der Waals surface area contributed by atoms with E-state index in [1.807, 2.05) is 38.6 Å². The Labute approximate surface area is 118 Å². The third kappa shape index (κ3) is 3.26. The highest BCUT2D eigenvalue weighted by Gasteiger charge is 2.13. The minimum atomic E-state index is -0.0212. The van der Waals surface area contributed by atoms with Crippen molar-refractivity contribution in [3.05, 3.63) is 34.5 Å². The van der Waals surface area contributed by atoms with Crippen LogP contribution in [0.3, 0.4) is 0 Å². The maximum Gasteiger partial charge on any atom is 0.224 e. The van der Waals surface area contributed by atoms with Crippen molar-refractivity contribution in [2.75, 3.05) is 6.54 Å². The molecule has 1 amide bonds. The van der Waals surface area contributed by atoms with Gasteiger partial charge in [-0.05, 0) is 26.8 Å². The smallest absolute Gasteiger partial charge is 0.224 e. The first-order valence-corrected chi connectivity index (χ1v) is 6.65. The first-order chi connectivity index (χ1) is 9.47. The van der Waals surface area contributed by atoms with Crippen molar-refractivity contribution in [1.82, 2.24) is 20.3 Å². The monoisotopic (exact) mass is 276 g/mol. The molecule has 0 fully saturated rings. The molecule has 0 aliphatic rings. The zero-order chi connectivity index (χ0) is 14.7. The fourth-order valence-corrected chi connectivity index (χ4v) is 2.06. The zero-order valence-electron chi connectivity index (χ0n) is 12.4. The van der Waals surface area contributed by atoms with Crippen LogP contribution in [0, 0.1) is 20.8 Å². The van der Waals surface area contributed by atoms with E-state index in [-0.39, 0.29) is 5.91 Å². The number of hydrogen-bond acceptors (Lipinski definition) is 4. The summed E-state index contributed by atoms with van der Waals surface area (Å²) in [6.07, 6.45) is 1.04. The van der Waals surface area contributed by atoms with Crippen LogP contribution in [0.1, 0.15) is 28.4 Å². The molecule has 20 heavy (non-hydrogen) atoms. The lowest BCUT2D eigenvalue weighted by molar-refractivity contribution is -0.120. The second-order valence-electron chi connectivity index (χ2n) is 4.98. The molecule has 2 aromatic rings. The maximum absolute atomic E-state index is 11.9. The third-order valence-corrected chi connectivity index (χ3v) is 3.39. The molecule has 0 bridgehead atoms. The number of aromatic nitrogens is 3. The Bertz CT molecular complexity index is 574. The number of aryl methyl sites for hydroxylation is 4. The van der Waals surface area contributed by atoms with E-state index >= 15 is 0 Å². The van der Waals surface area contributed by atoms with Crippen LogP contribution >= 0.6 is 0 Å². The molecule has 0 aromatic carbocycles. The van der Waals surface area contributed by atoms with Crippen molar-refractivity contribution in [2.45, 2.75) is 33.6 Å². The fraction of sp³-hybridized carbons (Fsp3) is 0.500. The maximum atomic E-state index is 11.9. The van der Waals surface area contributed by atoms with Gasteiger partial charge in [-0.2, -0.15) is 5.10 Å². The van der Waals surface area contributed by atoms with Gasteiger partial charge in [0.25, 0.3) is 0 Å². The molecule has 2 rings (SSSR count). The molecule has 0 aliphatic carbocycles. The van der Waals surface area contributed by atoms with Gasteiger partial charge in [-0.1, -0.05) is 5.16 Å². The van der Waals surface area contributed by atoms with Crippen LogP contribution in [0.5, 0.6) is 0 Å². The average Bonchev–Trinajstić information content (AvgIpc) is 2.86. The van der Waals surface area contributed by atoms with Gasteiger partial charge in [-0.15, -0.1) is 0 Å². The van der Waals surface area contributed by atoms with Crippen molar-refractivity contribution in [2.24, 2.45) is 7.05 Å². The summed E-state index contributed by atoms with van der Waals surface area (Å²) in [7, 11) is 1.91. The van der Waals surface area contributed by atoms with E-state index in [1.54, 1.807) is 0 Å². The molecule has 0 saturated carbocycles. The van der Waals surface area contributed by atoms with Gasteiger partial charge in [0, 0.05) is 31.3 Å². The molecular weight excluding hydrogens is 256 g/mol. The van der Waals surface area contributed by atoms with E-state index in [2.05, 4.69) is 15.6 Å². The van der Waals surface area contributed by atoms with Crippen LogP contribution < -0.4 is 5.32 Å². The summed E-state index contributed by atoms with van der Waals surface area (Å²) in [4.78, 5) is 11.9. The van der Waals surface area contributed by atoms with Crippen molar-refractivity contribution in [1.29, 1.82) is 0 Å². The average molecular weight is 276 g/mol. The second-order valence-corrected chi connectivity index (χ2v) is 4.98. The minimum Gasteiger partial charge on any atom is -0.361 e. The minimum absolute atomic E-state index is 0.0212. The zero-order valence-corrected chi connectivity index (χ0v) is 12.4. The Morgan fingerprint density at radius 3 is 2.70 bits per heavy atom. The Morgan fingerprint density at radius 1 is 1.40 bits per heavy atom. The lowest BCUT2D eigenvalue weighted by Gasteiger charge is -2.03. The number of amides is 1. The Morgan fingerprint density at radius 2 is 2.15 bits per heavy atom. The van der Waals surface area contributed by atoms with E-state index in [1.165, 1.54) is 0 Å². The normalized spacial score (nSPS) is 10.8. The lowest BCUT2D eigenvalue weighted by Crippen LogP contribution is -2.27. The summed E-state index contributed by atoms with van der Waals surface area (Å²) in [5.41, 5.74) is 3.75. The highest BCUT2D eigenvalue weighted by Crippen LogP contribution is 2.12. The standard InChI is InChI=1S/C14H20N4O2/c1-9-7-12(16-18(9)4)5-6-15-14(19)8-13-10(2)17-20-11(13)3/h7H,5-6,8H2,1-4H3,(H,15,19). The summed E-state index contributed by atoms with van der Waals surface area (Å²) < 4.78 is 6.88. The van der Waals surface area contributed by atoms with Gasteiger partial charge in [-0.25, -0.2) is 0 Å². The lowest BCUT2D eigenvalue weighted by atomic mass is 10.1. The van der Waals surface area contributed by atoms with Crippen LogP contribution in [0.25, 0.3) is 0 Å². The van der Waals surface area contributed by atoms with Gasteiger partial charge in [0.05, 0.1) is 17.8 Å². The largest absolute Gasteiger partial charge is 0.361 e. The SMILES string of the molecule is Cc1noc(C)c1CC(=O)NCCc1cc(C)n(C)n1. The highest BCUT2D eigenvalue weighted by atomic mass is 16.5. The Kier molecular flexibility index (Phi) is 4.22. The molecule has 0 aliphatic heterocycles. The topological polar surface area (TPSA) is 73.0 Å². The molecule has 1 N–H and O–H groups in total. The molecular formula is C14H20N4O2. The van der Waals surface area contributed by atoms with Crippen LogP contribution in [-0.4, -0.2) is 27.4 Å². The second kappa shape index (κ2) is 5.90. The molecule has 0 atom stereocenters. The van der Waals surface area contributed by atoms with Crippen molar-refractivity contribution >= 4 is 5.91 Å². The Balaban J connectivity index is 1.81. The number of nitrogens with zero attached hydrogens (tertiary/aromatic N) is 3. The summed E-state index contributed by atoms with van der Waals surface area (Å²) in [5.74, 6) is 0.685. The first kappa shape index (κ1) is 14.3. The molecule has 0 saturated heterocycles. The molecule has 0 radical (unpaired) electrons. The summed E-state index contributed by atoms with van der Waals surface area (Å²) >= 11 is 0. The molecule has 2 aromatic heterocycles. The van der Waals surface area contributed by atoms with Crippen molar-refractivity contribution in [3.8, 4) is 0 Å². The molecule has 2 heterocycles. The van der Waals surface area contributed by atoms with Crippen molar-refractivity contribution in [3.63, 3.8) is 0 Å². The molecule has 108 valence electrons. The number of rotatable bonds is 5. The van der Waals surface area contributed by atoms with Gasteiger partial charge < -0.3 is 9.84 Å². The van der Waals surface area contributed by atoms with E-state index in [0.717, 1.165) is 29.1 Å². The number of carbonyl (C=O) groups is 1. The van der Waals surface area contributed by atoms with Crippen LogP contribution in [0.2, 0.25) is 0 Å². The van der Waals surface area contributed by atoms with Gasteiger partial charge in [0.2, 0.25) is 5.91 Å². The molecule has 0 spiro atoms. The fourth-order valence-electron chi connectivity index (χ4n) is 2.06.